The van der Waals surface area contributed by atoms with E-state index in [0.717, 1.165) is 11.8 Å². The Morgan fingerprint density at radius 2 is 1.18 bits per heavy atom. The second-order valence-corrected chi connectivity index (χ2v) is 7.23. The molecule has 0 heterocycles. The van der Waals surface area contributed by atoms with E-state index < -0.39 is 0 Å². The van der Waals surface area contributed by atoms with Crippen LogP contribution in [0.1, 0.15) is 103 Å². The van der Waals surface area contributed by atoms with E-state index in [4.69, 9.17) is 0 Å². The monoisotopic (exact) mass is 302 g/mol. The van der Waals surface area contributed by atoms with Crippen LogP contribution in [0.2, 0.25) is 0 Å². The van der Waals surface area contributed by atoms with Crippen LogP contribution in [0.5, 0.6) is 0 Å². The lowest BCUT2D eigenvalue weighted by Crippen LogP contribution is -2.06. The average molecular weight is 303 g/mol. The van der Waals surface area contributed by atoms with Crippen LogP contribution < -0.4 is 0 Å². The van der Waals surface area contributed by atoms with E-state index in [1.165, 1.54) is 76.2 Å². The first-order chi connectivity index (χ1) is 10.8. The van der Waals surface area contributed by atoms with Crippen molar-refractivity contribution in [2.45, 2.75) is 97.3 Å². The molecule has 0 aliphatic heterocycles. The molecule has 0 aliphatic carbocycles. The predicted molar refractivity (Wildman–Crippen MR) is 100 cm³/mol. The lowest BCUT2D eigenvalue weighted by Gasteiger charge is -2.21. The Bertz CT molecular complexity index is 338. The largest absolute Gasteiger partial charge is 0.0654 e. The van der Waals surface area contributed by atoms with Crippen LogP contribution in [0.15, 0.2) is 30.3 Å². The second-order valence-electron chi connectivity index (χ2n) is 7.23. The molecule has 0 nitrogen and oxygen atoms in total. The Kier molecular flexibility index (Phi) is 11.2. The van der Waals surface area contributed by atoms with E-state index in [9.17, 15) is 0 Å². The lowest BCUT2D eigenvalue weighted by atomic mass is 9.84. The lowest BCUT2D eigenvalue weighted by molar-refractivity contribution is 0.440. The molecule has 0 fully saturated rings. The molecule has 1 aromatic carbocycles. The van der Waals surface area contributed by atoms with Gasteiger partial charge in [0, 0.05) is 0 Å². The van der Waals surface area contributed by atoms with E-state index in [0.29, 0.717) is 0 Å². The first kappa shape index (κ1) is 19.3. The third-order valence-electron chi connectivity index (χ3n) is 4.90. The molecular weight excluding hydrogens is 264 g/mol. The molecule has 0 saturated carbocycles. The maximum Gasteiger partial charge on any atom is -0.0139 e. The van der Waals surface area contributed by atoms with Crippen LogP contribution in [0, 0.1) is 5.92 Å². The second kappa shape index (κ2) is 12.7. The van der Waals surface area contributed by atoms with Gasteiger partial charge in [0.05, 0.1) is 0 Å². The van der Waals surface area contributed by atoms with Gasteiger partial charge in [-0.3, -0.25) is 0 Å². The van der Waals surface area contributed by atoms with Crippen LogP contribution >= 0.6 is 0 Å². The Morgan fingerprint density at radius 1 is 0.682 bits per heavy atom. The van der Waals surface area contributed by atoms with E-state index in [1.54, 1.807) is 0 Å². The molecule has 126 valence electrons. The molecule has 0 heteroatoms. The quantitative estimate of drug-likeness (QED) is 0.327. The predicted octanol–water partition coefficient (Wildman–Crippen LogP) is 7.74. The van der Waals surface area contributed by atoms with E-state index in [2.05, 4.69) is 51.1 Å². The zero-order chi connectivity index (χ0) is 16.0. The fraction of sp³-hybridized carbons (Fsp3) is 0.727. The van der Waals surface area contributed by atoms with Crippen LogP contribution in [-0.4, -0.2) is 0 Å². The molecule has 1 atom stereocenters. The van der Waals surface area contributed by atoms with Gasteiger partial charge in [0.15, 0.2) is 0 Å². The van der Waals surface area contributed by atoms with Gasteiger partial charge in [-0.05, 0) is 23.8 Å². The molecule has 0 N–H and O–H groups in total. The van der Waals surface area contributed by atoms with Crippen molar-refractivity contribution in [1.29, 1.82) is 0 Å². The fourth-order valence-electron chi connectivity index (χ4n) is 3.44. The minimum absolute atomic E-state index is 0.746. The summed E-state index contributed by atoms with van der Waals surface area (Å²) in [6.45, 7) is 7.03. The standard InChI is InChI=1S/C22H38/c1-4-5-6-7-8-9-10-11-12-16-19-22(20(2)3)21-17-14-13-15-18-21/h13-15,17-18,20,22H,4-12,16,19H2,1-3H3. The van der Waals surface area contributed by atoms with E-state index in [-0.39, 0.29) is 0 Å². The van der Waals surface area contributed by atoms with Crippen molar-refractivity contribution >= 4 is 0 Å². The Hall–Kier alpha value is -0.780. The summed E-state index contributed by atoms with van der Waals surface area (Å²) in [7, 11) is 0. The zero-order valence-corrected chi connectivity index (χ0v) is 15.3. The van der Waals surface area contributed by atoms with Crippen LogP contribution in [0.4, 0.5) is 0 Å². The van der Waals surface area contributed by atoms with Gasteiger partial charge in [0.1, 0.15) is 0 Å². The molecule has 0 radical (unpaired) electrons. The number of unbranched alkanes of at least 4 members (excludes halogenated alkanes) is 9. The highest BCUT2D eigenvalue weighted by Crippen LogP contribution is 2.29. The Labute approximate surface area is 139 Å². The van der Waals surface area contributed by atoms with Crippen LogP contribution in [-0.2, 0) is 0 Å². The molecule has 0 aliphatic rings. The van der Waals surface area contributed by atoms with Gasteiger partial charge >= 0.3 is 0 Å². The SMILES string of the molecule is CCCCCCCCCCCCC(c1ccccc1)C(C)C. The van der Waals surface area contributed by atoms with Gasteiger partial charge in [-0.25, -0.2) is 0 Å². The molecule has 0 aromatic heterocycles. The number of hydrogen-bond acceptors (Lipinski definition) is 0. The highest BCUT2D eigenvalue weighted by atomic mass is 14.2. The van der Waals surface area contributed by atoms with Crippen LogP contribution in [0.3, 0.4) is 0 Å². The van der Waals surface area contributed by atoms with Crippen molar-refractivity contribution in [3.8, 4) is 0 Å². The van der Waals surface area contributed by atoms with Gasteiger partial charge in [-0.1, -0.05) is 115 Å². The molecule has 0 amide bonds. The summed E-state index contributed by atoms with van der Waals surface area (Å²) in [4.78, 5) is 0. The number of rotatable bonds is 13. The smallest absolute Gasteiger partial charge is 0.0139 e. The van der Waals surface area contributed by atoms with Crippen molar-refractivity contribution < 1.29 is 0 Å². The first-order valence-electron chi connectivity index (χ1n) is 9.80. The third kappa shape index (κ3) is 8.61. The minimum atomic E-state index is 0.746. The minimum Gasteiger partial charge on any atom is -0.0654 e. The van der Waals surface area contributed by atoms with Crippen molar-refractivity contribution in [1.82, 2.24) is 0 Å². The van der Waals surface area contributed by atoms with Crippen molar-refractivity contribution in [2.24, 2.45) is 5.92 Å². The Morgan fingerprint density at radius 3 is 1.68 bits per heavy atom. The third-order valence-corrected chi connectivity index (χ3v) is 4.90. The summed E-state index contributed by atoms with van der Waals surface area (Å²) in [5.74, 6) is 1.50. The van der Waals surface area contributed by atoms with Crippen molar-refractivity contribution in [2.75, 3.05) is 0 Å². The van der Waals surface area contributed by atoms with Crippen LogP contribution in [0.25, 0.3) is 0 Å². The summed E-state index contributed by atoms with van der Waals surface area (Å²) < 4.78 is 0. The van der Waals surface area contributed by atoms with E-state index >= 15 is 0 Å². The summed E-state index contributed by atoms with van der Waals surface area (Å²) in [6, 6.07) is 11.1. The molecule has 1 rings (SSSR count). The number of benzene rings is 1. The molecular formula is C22H38. The Balaban J connectivity index is 2.07. The fourth-order valence-corrected chi connectivity index (χ4v) is 3.44. The summed E-state index contributed by atoms with van der Waals surface area (Å²) >= 11 is 0. The maximum atomic E-state index is 2.37. The molecule has 0 spiro atoms. The highest BCUT2D eigenvalue weighted by molar-refractivity contribution is 5.19. The zero-order valence-electron chi connectivity index (χ0n) is 15.3. The summed E-state index contributed by atoms with van der Waals surface area (Å²) in [6.07, 6.45) is 15.7. The van der Waals surface area contributed by atoms with Crippen molar-refractivity contribution in [3.05, 3.63) is 35.9 Å². The molecule has 1 aromatic rings. The average Bonchev–Trinajstić information content (AvgIpc) is 2.53. The van der Waals surface area contributed by atoms with Gasteiger partial charge in [-0.15, -0.1) is 0 Å². The number of hydrogen-bond donors (Lipinski definition) is 0. The normalized spacial score (nSPS) is 12.7. The highest BCUT2D eigenvalue weighted by Gasteiger charge is 2.14. The van der Waals surface area contributed by atoms with Gasteiger partial charge in [-0.2, -0.15) is 0 Å². The maximum absolute atomic E-state index is 2.37. The molecule has 0 saturated heterocycles. The summed E-state index contributed by atoms with van der Waals surface area (Å²) in [5, 5.41) is 0. The summed E-state index contributed by atoms with van der Waals surface area (Å²) in [5.41, 5.74) is 1.54. The van der Waals surface area contributed by atoms with Gasteiger partial charge in [0.25, 0.3) is 0 Å². The van der Waals surface area contributed by atoms with Gasteiger partial charge < -0.3 is 0 Å². The molecule has 0 bridgehead atoms. The van der Waals surface area contributed by atoms with Gasteiger partial charge in [0.2, 0.25) is 0 Å². The molecule has 1 unspecified atom stereocenters. The molecule has 22 heavy (non-hydrogen) atoms. The van der Waals surface area contributed by atoms with E-state index in [1.807, 2.05) is 0 Å². The topological polar surface area (TPSA) is 0 Å². The first-order valence-corrected chi connectivity index (χ1v) is 9.80. The van der Waals surface area contributed by atoms with Crippen molar-refractivity contribution in [3.63, 3.8) is 0 Å².